The van der Waals surface area contributed by atoms with Crippen LogP contribution < -0.4 is 0 Å². The minimum absolute atomic E-state index is 0.148. The van der Waals surface area contributed by atoms with Crippen LogP contribution in [-0.4, -0.2) is 70.9 Å². The fraction of sp³-hybridized carbons (Fsp3) is 0.737. The Kier molecular flexibility index (Phi) is 47.2. The zero-order valence-corrected chi connectivity index (χ0v) is 42.3. The highest BCUT2D eigenvalue weighted by atomic mass is 16.6. The molecule has 0 aromatic carbocycles. The number of ether oxygens (including phenoxy) is 3. The number of rotatable bonds is 47. The molecule has 9 nitrogen and oxygen atoms in total. The molecule has 0 aliphatic carbocycles. The van der Waals surface area contributed by atoms with Crippen molar-refractivity contribution >= 4 is 17.9 Å². The van der Waals surface area contributed by atoms with Gasteiger partial charge in [-0.3, -0.25) is 14.4 Å². The van der Waals surface area contributed by atoms with E-state index in [9.17, 15) is 29.7 Å². The Morgan fingerprint density at radius 1 is 0.379 bits per heavy atom. The molecule has 0 aliphatic heterocycles. The number of hydrogen-bond donors (Lipinski definition) is 3. The molecule has 0 aliphatic rings. The van der Waals surface area contributed by atoms with Crippen LogP contribution in [-0.2, 0) is 28.6 Å². The van der Waals surface area contributed by atoms with E-state index in [-0.39, 0.29) is 62.6 Å². The molecule has 0 heterocycles. The second kappa shape index (κ2) is 49.6. The fourth-order valence-corrected chi connectivity index (χ4v) is 7.26. The zero-order valence-electron chi connectivity index (χ0n) is 42.3. The van der Waals surface area contributed by atoms with Crippen LogP contribution in [0.5, 0.6) is 0 Å². The Bertz CT molecular complexity index is 1300. The third kappa shape index (κ3) is 47.2. The molecule has 0 saturated heterocycles. The summed E-state index contributed by atoms with van der Waals surface area (Å²) in [7, 11) is 0. The molecule has 0 unspecified atom stereocenters. The van der Waals surface area contributed by atoms with Crippen LogP contribution in [0.4, 0.5) is 0 Å². The molecule has 380 valence electrons. The lowest BCUT2D eigenvalue weighted by Crippen LogP contribution is -2.30. The SMILES string of the molecule is CCCCC/C=C\C=C/[C@H](O)CCCCCCCC(=O)OC[C@@H](COC(=O)CCCCCCC/C=C\C=C/[C@H](O)CCCCC)OC(=O)CCCCCCC/C=C\C=C/[C@H](O)CCCCC. The summed E-state index contributed by atoms with van der Waals surface area (Å²) in [5, 5.41) is 30.2. The van der Waals surface area contributed by atoms with Gasteiger partial charge in [0.15, 0.2) is 6.10 Å². The predicted molar refractivity (Wildman–Crippen MR) is 274 cm³/mol. The number of hydrogen-bond acceptors (Lipinski definition) is 9. The van der Waals surface area contributed by atoms with E-state index in [1.165, 1.54) is 19.3 Å². The van der Waals surface area contributed by atoms with Crippen molar-refractivity contribution in [1.29, 1.82) is 0 Å². The number of aliphatic hydroxyl groups excluding tert-OH is 3. The van der Waals surface area contributed by atoms with Gasteiger partial charge in [0, 0.05) is 19.3 Å². The van der Waals surface area contributed by atoms with Crippen LogP contribution in [0, 0.1) is 0 Å². The molecule has 0 rings (SSSR count). The quantitative estimate of drug-likeness (QED) is 0.0235. The summed E-state index contributed by atoms with van der Waals surface area (Å²) in [6.07, 6.45) is 52.3. The maximum absolute atomic E-state index is 12.8. The second-order valence-corrected chi connectivity index (χ2v) is 18.0. The molecule has 0 saturated carbocycles. The van der Waals surface area contributed by atoms with Crippen molar-refractivity contribution in [3.8, 4) is 0 Å². The van der Waals surface area contributed by atoms with E-state index >= 15 is 0 Å². The van der Waals surface area contributed by atoms with E-state index < -0.39 is 12.2 Å². The van der Waals surface area contributed by atoms with Gasteiger partial charge in [-0.15, -0.1) is 0 Å². The molecule has 0 bridgehead atoms. The summed E-state index contributed by atoms with van der Waals surface area (Å²) in [6.45, 7) is 6.22. The molecule has 0 fully saturated rings. The Hall–Kier alpha value is -3.27. The monoisotopic (exact) mass is 927 g/mol. The lowest BCUT2D eigenvalue weighted by Gasteiger charge is -2.18. The van der Waals surface area contributed by atoms with Crippen molar-refractivity contribution in [2.24, 2.45) is 0 Å². The molecule has 9 heteroatoms. The van der Waals surface area contributed by atoms with Gasteiger partial charge in [-0.1, -0.05) is 209 Å². The molecule has 0 spiro atoms. The lowest BCUT2D eigenvalue weighted by atomic mass is 10.1. The fourth-order valence-electron chi connectivity index (χ4n) is 7.26. The summed E-state index contributed by atoms with van der Waals surface area (Å²) in [6, 6.07) is 0. The second-order valence-electron chi connectivity index (χ2n) is 18.0. The summed E-state index contributed by atoms with van der Waals surface area (Å²) in [5.74, 6) is -1.10. The third-order valence-electron chi connectivity index (χ3n) is 11.5. The van der Waals surface area contributed by atoms with Crippen molar-refractivity contribution in [2.45, 2.75) is 257 Å². The van der Waals surface area contributed by atoms with Gasteiger partial charge in [0.1, 0.15) is 13.2 Å². The van der Waals surface area contributed by atoms with Crippen molar-refractivity contribution < 1.29 is 43.9 Å². The van der Waals surface area contributed by atoms with E-state index in [0.717, 1.165) is 161 Å². The van der Waals surface area contributed by atoms with Crippen LogP contribution in [0.3, 0.4) is 0 Å². The van der Waals surface area contributed by atoms with Gasteiger partial charge < -0.3 is 29.5 Å². The summed E-state index contributed by atoms with van der Waals surface area (Å²) in [4.78, 5) is 38.0. The minimum atomic E-state index is -0.854. The summed E-state index contributed by atoms with van der Waals surface area (Å²) in [5.41, 5.74) is 0. The largest absolute Gasteiger partial charge is 0.462 e. The molecule has 0 amide bonds. The molecule has 3 N–H and O–H groups in total. The third-order valence-corrected chi connectivity index (χ3v) is 11.5. The van der Waals surface area contributed by atoms with Crippen LogP contribution in [0.2, 0.25) is 0 Å². The molecule has 0 aromatic heterocycles. The average molecular weight is 927 g/mol. The van der Waals surface area contributed by atoms with Crippen LogP contribution in [0.25, 0.3) is 0 Å². The smallest absolute Gasteiger partial charge is 0.306 e. The van der Waals surface area contributed by atoms with Crippen molar-refractivity contribution in [1.82, 2.24) is 0 Å². The number of carbonyl (C=O) groups is 3. The Labute approximate surface area is 403 Å². The Balaban J connectivity index is 4.59. The first-order chi connectivity index (χ1) is 32.2. The lowest BCUT2D eigenvalue weighted by molar-refractivity contribution is -0.167. The van der Waals surface area contributed by atoms with Gasteiger partial charge in [0.05, 0.1) is 18.3 Å². The number of allylic oxidation sites excluding steroid dienone is 9. The topological polar surface area (TPSA) is 140 Å². The number of carbonyl (C=O) groups excluding carboxylic acids is 3. The predicted octanol–water partition coefficient (Wildman–Crippen LogP) is 14.3. The molecule has 4 atom stereocenters. The highest BCUT2D eigenvalue weighted by Crippen LogP contribution is 2.14. The van der Waals surface area contributed by atoms with E-state index in [1.54, 1.807) is 0 Å². The molecular formula is C57H98O9. The van der Waals surface area contributed by atoms with Crippen molar-refractivity contribution in [3.05, 3.63) is 72.9 Å². The van der Waals surface area contributed by atoms with E-state index in [4.69, 9.17) is 14.2 Å². The van der Waals surface area contributed by atoms with Crippen molar-refractivity contribution in [2.75, 3.05) is 13.2 Å². The van der Waals surface area contributed by atoms with Gasteiger partial charge in [0.2, 0.25) is 0 Å². The van der Waals surface area contributed by atoms with Gasteiger partial charge in [-0.05, 0) is 77.0 Å². The molecule has 0 radical (unpaired) electrons. The first-order valence-electron chi connectivity index (χ1n) is 26.8. The number of aliphatic hydroxyl groups is 3. The first-order valence-corrected chi connectivity index (χ1v) is 26.8. The van der Waals surface area contributed by atoms with Gasteiger partial charge in [-0.25, -0.2) is 0 Å². The first kappa shape index (κ1) is 62.7. The van der Waals surface area contributed by atoms with E-state index in [0.29, 0.717) is 12.8 Å². The van der Waals surface area contributed by atoms with Crippen LogP contribution in [0.1, 0.15) is 233 Å². The van der Waals surface area contributed by atoms with Gasteiger partial charge in [0.25, 0.3) is 0 Å². The Morgan fingerprint density at radius 3 is 1.08 bits per heavy atom. The summed E-state index contributed by atoms with van der Waals surface area (Å²) < 4.78 is 16.7. The standard InChI is InChI=1S/C57H98O9/c1-4-7-10-11-18-24-33-44-53(60)45-36-27-23-30-38-47-56(62)65-50-54(66-57(63)48-39-29-22-17-13-15-20-26-35-43-52(59)41-32-9-6-3)49-64-55(61)46-37-28-21-16-12-14-19-25-34-42-51(58)40-31-8-5-2/h18-20,24-26,33-35,42-44,51-54,58-60H,4-17,21-23,27-32,36-41,45-50H2,1-3H3/b24-18-,25-19-,26-20-,42-34-,43-35-,44-33-/t51-,52-,53+,54-/m1/s1. The normalized spacial score (nSPS) is 14.1. The number of unbranched alkanes of at least 4 members (excludes halogenated alkanes) is 21. The van der Waals surface area contributed by atoms with Crippen LogP contribution in [0.15, 0.2) is 72.9 Å². The van der Waals surface area contributed by atoms with Gasteiger partial charge in [-0.2, -0.15) is 0 Å². The summed E-state index contributed by atoms with van der Waals surface area (Å²) >= 11 is 0. The maximum atomic E-state index is 12.8. The van der Waals surface area contributed by atoms with Gasteiger partial charge >= 0.3 is 17.9 Å². The minimum Gasteiger partial charge on any atom is -0.462 e. The van der Waals surface area contributed by atoms with Crippen molar-refractivity contribution in [3.63, 3.8) is 0 Å². The molecule has 0 aromatic rings. The number of esters is 3. The van der Waals surface area contributed by atoms with E-state index in [2.05, 4.69) is 39.0 Å². The van der Waals surface area contributed by atoms with Crippen LogP contribution >= 0.6 is 0 Å². The molecular weight excluding hydrogens is 829 g/mol. The highest BCUT2D eigenvalue weighted by molar-refractivity contribution is 5.71. The average Bonchev–Trinajstić information content (AvgIpc) is 3.30. The zero-order chi connectivity index (χ0) is 48.4. The highest BCUT2D eigenvalue weighted by Gasteiger charge is 2.19. The van der Waals surface area contributed by atoms with E-state index in [1.807, 2.05) is 54.7 Å². The Morgan fingerprint density at radius 2 is 0.682 bits per heavy atom. The maximum Gasteiger partial charge on any atom is 0.306 e. The molecule has 66 heavy (non-hydrogen) atoms.